The van der Waals surface area contributed by atoms with Crippen LogP contribution in [0.15, 0.2) is 41.3 Å². The van der Waals surface area contributed by atoms with Crippen LogP contribution in [0.2, 0.25) is 5.02 Å². The number of halogens is 1. The summed E-state index contributed by atoms with van der Waals surface area (Å²) in [6, 6.07) is 6.53. The maximum atomic E-state index is 12.3. The first kappa shape index (κ1) is 19.5. The van der Waals surface area contributed by atoms with Crippen molar-refractivity contribution in [3.8, 4) is 5.75 Å². The van der Waals surface area contributed by atoms with Crippen LogP contribution in [0.25, 0.3) is 0 Å². The first-order valence-electron chi connectivity index (χ1n) is 7.10. The number of nitro benzene ring substituents is 1. The molecule has 9 nitrogen and oxygen atoms in total. The number of ether oxygens (including phenoxy) is 1. The molecule has 0 atom stereocenters. The normalized spacial score (nSPS) is 11.0. The summed E-state index contributed by atoms with van der Waals surface area (Å²) in [6.45, 7) is 1.78. The number of hydrogen-bond donors (Lipinski definition) is 1. The van der Waals surface area contributed by atoms with E-state index in [1.807, 2.05) is 0 Å². The Hall–Kier alpha value is -2.85. The van der Waals surface area contributed by atoms with Gasteiger partial charge in [0.15, 0.2) is 0 Å². The molecule has 0 aliphatic carbocycles. The van der Waals surface area contributed by atoms with Gasteiger partial charge in [-0.3, -0.25) is 10.1 Å². The van der Waals surface area contributed by atoms with Crippen molar-refractivity contribution in [1.29, 1.82) is 0 Å². The lowest BCUT2D eigenvalue weighted by Crippen LogP contribution is -2.11. The molecule has 0 bridgehead atoms. The molecule has 0 fully saturated rings. The van der Waals surface area contributed by atoms with Gasteiger partial charge >= 0.3 is 16.1 Å². The Morgan fingerprint density at radius 3 is 2.54 bits per heavy atom. The molecular formula is C15H13ClN2O7S. The molecule has 0 aromatic heterocycles. The molecule has 0 unspecified atom stereocenters. The number of nitrogen functional groups attached to an aromatic ring is 1. The van der Waals surface area contributed by atoms with Crippen molar-refractivity contribution in [3.05, 3.63) is 57.1 Å². The number of anilines is 1. The minimum atomic E-state index is -4.38. The number of carbonyl (C=O) groups is 1. The summed E-state index contributed by atoms with van der Waals surface area (Å²) < 4.78 is 34.3. The standard InChI is InChI=1S/C15H13ClN2O7S/c1-2-24-15(19)11-5-3-9(7-12(11)16)25-26(22,23)10-4-6-13(17)14(8-10)18(20)21/h3-8H,2,17H2,1H3. The summed E-state index contributed by atoms with van der Waals surface area (Å²) in [4.78, 5) is 21.3. The number of esters is 1. The second-order valence-corrected chi connectivity index (χ2v) is 6.83. The van der Waals surface area contributed by atoms with Crippen LogP contribution in [0.1, 0.15) is 17.3 Å². The van der Waals surface area contributed by atoms with Gasteiger partial charge in [0.2, 0.25) is 0 Å². The van der Waals surface area contributed by atoms with Gasteiger partial charge in [0, 0.05) is 12.1 Å². The Morgan fingerprint density at radius 1 is 1.27 bits per heavy atom. The van der Waals surface area contributed by atoms with Crippen molar-refractivity contribution >= 4 is 39.1 Å². The van der Waals surface area contributed by atoms with Gasteiger partial charge in [0.05, 0.1) is 22.1 Å². The second-order valence-electron chi connectivity index (χ2n) is 4.88. The Kier molecular flexibility index (Phi) is 5.68. The summed E-state index contributed by atoms with van der Waals surface area (Å²) in [7, 11) is -4.38. The van der Waals surface area contributed by atoms with E-state index in [1.165, 1.54) is 12.1 Å². The largest absolute Gasteiger partial charge is 0.462 e. The molecule has 2 N–H and O–H groups in total. The molecule has 0 radical (unpaired) electrons. The number of nitrogens with zero attached hydrogens (tertiary/aromatic N) is 1. The number of nitrogens with two attached hydrogens (primary N) is 1. The van der Waals surface area contributed by atoms with E-state index < -0.39 is 31.6 Å². The van der Waals surface area contributed by atoms with Gasteiger partial charge in [-0.1, -0.05) is 11.6 Å². The molecule has 0 aliphatic heterocycles. The molecule has 0 saturated heterocycles. The molecular weight excluding hydrogens is 388 g/mol. The smallest absolute Gasteiger partial charge is 0.339 e. The number of rotatable bonds is 6. The van der Waals surface area contributed by atoms with Crippen LogP contribution in [0.5, 0.6) is 5.75 Å². The van der Waals surface area contributed by atoms with E-state index in [9.17, 15) is 23.3 Å². The van der Waals surface area contributed by atoms with Crippen LogP contribution in [-0.4, -0.2) is 25.9 Å². The van der Waals surface area contributed by atoms with Gasteiger partial charge in [-0.05, 0) is 31.2 Å². The van der Waals surface area contributed by atoms with E-state index in [0.717, 1.165) is 24.3 Å². The minimum absolute atomic E-state index is 0.0430. The first-order chi connectivity index (χ1) is 12.2. The number of nitro groups is 1. The Labute approximate surface area is 153 Å². The van der Waals surface area contributed by atoms with Crippen molar-refractivity contribution in [3.63, 3.8) is 0 Å². The topological polar surface area (TPSA) is 139 Å². The summed E-state index contributed by atoms with van der Waals surface area (Å²) >= 11 is 5.94. The Morgan fingerprint density at radius 2 is 1.96 bits per heavy atom. The van der Waals surface area contributed by atoms with Crippen molar-refractivity contribution in [2.24, 2.45) is 0 Å². The van der Waals surface area contributed by atoms with Gasteiger partial charge in [-0.2, -0.15) is 8.42 Å². The molecule has 2 aromatic rings. The van der Waals surface area contributed by atoms with Crippen molar-refractivity contribution in [1.82, 2.24) is 0 Å². The van der Waals surface area contributed by atoms with Crippen molar-refractivity contribution < 1.29 is 27.1 Å². The third kappa shape index (κ3) is 4.21. The minimum Gasteiger partial charge on any atom is -0.462 e. The molecule has 2 rings (SSSR count). The summed E-state index contributed by atoms with van der Waals surface area (Å²) in [5.74, 6) is -0.844. The lowest BCUT2D eigenvalue weighted by Gasteiger charge is -2.09. The fourth-order valence-corrected chi connectivity index (χ4v) is 3.13. The highest BCUT2D eigenvalue weighted by Gasteiger charge is 2.23. The maximum absolute atomic E-state index is 12.3. The van der Waals surface area contributed by atoms with Crippen LogP contribution in [0.4, 0.5) is 11.4 Å². The van der Waals surface area contributed by atoms with Gasteiger partial charge in [0.25, 0.3) is 5.69 Å². The molecule has 0 spiro atoms. The maximum Gasteiger partial charge on any atom is 0.339 e. The Bertz CT molecular complexity index is 976. The van der Waals surface area contributed by atoms with E-state index in [0.29, 0.717) is 0 Å². The first-order valence-corrected chi connectivity index (χ1v) is 8.89. The third-order valence-electron chi connectivity index (χ3n) is 3.13. The van der Waals surface area contributed by atoms with E-state index in [2.05, 4.69) is 0 Å². The van der Waals surface area contributed by atoms with Gasteiger partial charge < -0.3 is 14.7 Å². The van der Waals surface area contributed by atoms with Crippen LogP contribution in [-0.2, 0) is 14.9 Å². The second kappa shape index (κ2) is 7.58. The number of hydrogen-bond acceptors (Lipinski definition) is 8. The quantitative estimate of drug-likeness (QED) is 0.256. The lowest BCUT2D eigenvalue weighted by molar-refractivity contribution is -0.384. The van der Waals surface area contributed by atoms with E-state index in [4.69, 9.17) is 26.3 Å². The molecule has 11 heteroatoms. The highest BCUT2D eigenvalue weighted by Crippen LogP contribution is 2.29. The van der Waals surface area contributed by atoms with Gasteiger partial charge in [-0.25, -0.2) is 4.79 Å². The van der Waals surface area contributed by atoms with Crippen molar-refractivity contribution in [2.45, 2.75) is 11.8 Å². The predicted molar refractivity (Wildman–Crippen MR) is 92.7 cm³/mol. The molecule has 0 amide bonds. The van der Waals surface area contributed by atoms with Gasteiger partial charge in [-0.15, -0.1) is 0 Å². The fourth-order valence-electron chi connectivity index (χ4n) is 1.93. The van der Waals surface area contributed by atoms with Crippen LogP contribution < -0.4 is 9.92 Å². The number of carbonyl (C=O) groups excluding carboxylic acids is 1. The van der Waals surface area contributed by atoms with Crippen LogP contribution in [0, 0.1) is 10.1 Å². The summed E-state index contributed by atoms with van der Waals surface area (Å²) in [5.41, 5.74) is 4.73. The fraction of sp³-hybridized carbons (Fsp3) is 0.133. The predicted octanol–water partition coefficient (Wildman–Crippen LogP) is 2.77. The summed E-state index contributed by atoms with van der Waals surface area (Å²) in [6.07, 6.45) is 0. The van der Waals surface area contributed by atoms with Crippen LogP contribution in [0.3, 0.4) is 0 Å². The van der Waals surface area contributed by atoms with E-state index >= 15 is 0 Å². The molecule has 138 valence electrons. The van der Waals surface area contributed by atoms with E-state index in [-0.39, 0.29) is 28.6 Å². The highest BCUT2D eigenvalue weighted by atomic mass is 35.5. The zero-order valence-corrected chi connectivity index (χ0v) is 14.9. The Balaban J connectivity index is 2.33. The lowest BCUT2D eigenvalue weighted by atomic mass is 10.2. The average molecular weight is 401 g/mol. The molecule has 2 aromatic carbocycles. The molecule has 0 aliphatic rings. The van der Waals surface area contributed by atoms with Gasteiger partial charge in [0.1, 0.15) is 16.3 Å². The SMILES string of the molecule is CCOC(=O)c1ccc(OS(=O)(=O)c2ccc(N)c([N+](=O)[O-])c2)cc1Cl. The zero-order valence-electron chi connectivity index (χ0n) is 13.3. The molecule has 0 heterocycles. The molecule has 0 saturated carbocycles. The van der Waals surface area contributed by atoms with Crippen molar-refractivity contribution in [2.75, 3.05) is 12.3 Å². The summed E-state index contributed by atoms with van der Waals surface area (Å²) in [5, 5.41) is 10.8. The third-order valence-corrected chi connectivity index (χ3v) is 4.68. The molecule has 26 heavy (non-hydrogen) atoms. The van der Waals surface area contributed by atoms with E-state index in [1.54, 1.807) is 6.92 Å². The average Bonchev–Trinajstić information content (AvgIpc) is 2.54. The highest BCUT2D eigenvalue weighted by molar-refractivity contribution is 7.87. The number of benzene rings is 2. The monoisotopic (exact) mass is 400 g/mol. The van der Waals surface area contributed by atoms with Crippen LogP contribution >= 0.6 is 11.6 Å². The zero-order chi connectivity index (χ0) is 19.5.